The van der Waals surface area contributed by atoms with Gasteiger partial charge < -0.3 is 10.6 Å². The van der Waals surface area contributed by atoms with Crippen molar-refractivity contribution in [2.75, 3.05) is 10.6 Å². The molecule has 1 aromatic carbocycles. The van der Waals surface area contributed by atoms with Gasteiger partial charge >= 0.3 is 0 Å². The van der Waals surface area contributed by atoms with Gasteiger partial charge in [0.25, 0.3) is 0 Å². The van der Waals surface area contributed by atoms with E-state index in [1.54, 1.807) is 12.1 Å². The molecular formula is C20H21Cl2N5OS3. The number of rotatable bonds is 7. The zero-order valence-corrected chi connectivity index (χ0v) is 20.7. The summed E-state index contributed by atoms with van der Waals surface area (Å²) in [5.41, 5.74) is 1.59. The molecule has 0 unspecified atom stereocenters. The van der Waals surface area contributed by atoms with E-state index in [2.05, 4.69) is 25.8 Å². The van der Waals surface area contributed by atoms with Crippen LogP contribution in [0.4, 0.5) is 10.3 Å². The minimum atomic E-state index is -0.326. The second-order valence-electron chi connectivity index (χ2n) is 7.27. The van der Waals surface area contributed by atoms with E-state index in [4.69, 9.17) is 23.2 Å². The Bertz CT molecular complexity index is 1050. The summed E-state index contributed by atoms with van der Waals surface area (Å²) < 4.78 is 0.775. The van der Waals surface area contributed by atoms with E-state index < -0.39 is 0 Å². The van der Waals surface area contributed by atoms with Gasteiger partial charge in [0.2, 0.25) is 11.0 Å². The third-order valence-electron chi connectivity index (χ3n) is 4.94. The monoisotopic (exact) mass is 513 g/mol. The van der Waals surface area contributed by atoms with Gasteiger partial charge in [-0.05, 0) is 31.9 Å². The molecule has 0 bridgehead atoms. The van der Waals surface area contributed by atoms with Crippen LogP contribution < -0.4 is 10.6 Å². The SMILES string of the molecule is C[C@H](Sc1nnc(NC2CCCCC2)s1)C(=O)Nc1nc(-c2ccc(Cl)c(Cl)c2)cs1. The lowest BCUT2D eigenvalue weighted by molar-refractivity contribution is -0.115. The van der Waals surface area contributed by atoms with Crippen LogP contribution in [0.15, 0.2) is 27.9 Å². The van der Waals surface area contributed by atoms with Crippen LogP contribution in [0, 0.1) is 0 Å². The molecule has 2 heterocycles. The van der Waals surface area contributed by atoms with E-state index in [0.717, 1.165) is 20.7 Å². The number of benzene rings is 1. The quantitative estimate of drug-likeness (QED) is 0.337. The Kier molecular flexibility index (Phi) is 7.71. The highest BCUT2D eigenvalue weighted by atomic mass is 35.5. The Labute approximate surface area is 203 Å². The fraction of sp³-hybridized carbons (Fsp3) is 0.400. The van der Waals surface area contributed by atoms with Gasteiger partial charge in [-0.25, -0.2) is 4.98 Å². The van der Waals surface area contributed by atoms with Gasteiger partial charge in [-0.15, -0.1) is 21.5 Å². The predicted molar refractivity (Wildman–Crippen MR) is 132 cm³/mol. The third kappa shape index (κ3) is 6.10. The van der Waals surface area contributed by atoms with Crippen molar-refractivity contribution in [3.63, 3.8) is 0 Å². The topological polar surface area (TPSA) is 79.8 Å². The minimum absolute atomic E-state index is 0.128. The average Bonchev–Trinajstić information content (AvgIpc) is 3.40. The second-order valence-corrected chi connectivity index (χ2v) is 11.5. The lowest BCUT2D eigenvalue weighted by atomic mass is 9.96. The molecule has 0 radical (unpaired) electrons. The maximum absolute atomic E-state index is 12.6. The molecule has 0 aliphatic heterocycles. The summed E-state index contributed by atoms with van der Waals surface area (Å²) in [4.78, 5) is 17.1. The number of nitrogens with zero attached hydrogens (tertiary/aromatic N) is 3. The van der Waals surface area contributed by atoms with Gasteiger partial charge in [0.05, 0.1) is 21.0 Å². The summed E-state index contributed by atoms with van der Waals surface area (Å²) in [5.74, 6) is -0.128. The summed E-state index contributed by atoms with van der Waals surface area (Å²) in [6.07, 6.45) is 6.20. The van der Waals surface area contributed by atoms with E-state index in [9.17, 15) is 4.79 Å². The van der Waals surface area contributed by atoms with E-state index in [0.29, 0.717) is 21.2 Å². The van der Waals surface area contributed by atoms with E-state index in [1.807, 2.05) is 18.4 Å². The van der Waals surface area contributed by atoms with Crippen molar-refractivity contribution in [2.45, 2.75) is 54.7 Å². The number of halogens is 2. The van der Waals surface area contributed by atoms with Crippen LogP contribution in [0.2, 0.25) is 10.0 Å². The number of amides is 1. The Morgan fingerprint density at radius 3 is 2.74 bits per heavy atom. The van der Waals surface area contributed by atoms with Crippen LogP contribution in [0.3, 0.4) is 0 Å². The van der Waals surface area contributed by atoms with Gasteiger partial charge in [-0.3, -0.25) is 4.79 Å². The summed E-state index contributed by atoms with van der Waals surface area (Å²) in [6.45, 7) is 1.85. The zero-order valence-electron chi connectivity index (χ0n) is 16.7. The lowest BCUT2D eigenvalue weighted by Gasteiger charge is -2.21. The first kappa shape index (κ1) is 22.8. The number of thioether (sulfide) groups is 1. The first-order valence-corrected chi connectivity index (χ1v) is 13.3. The second kappa shape index (κ2) is 10.5. The highest BCUT2D eigenvalue weighted by Gasteiger charge is 2.20. The summed E-state index contributed by atoms with van der Waals surface area (Å²) in [6, 6.07) is 5.82. The van der Waals surface area contributed by atoms with Gasteiger partial charge in [0, 0.05) is 17.0 Å². The van der Waals surface area contributed by atoms with Crippen LogP contribution in [-0.2, 0) is 4.79 Å². The molecule has 31 heavy (non-hydrogen) atoms. The fourth-order valence-electron chi connectivity index (χ4n) is 3.27. The van der Waals surface area contributed by atoms with E-state index in [1.165, 1.54) is 66.5 Å². The molecule has 4 rings (SSSR count). The van der Waals surface area contributed by atoms with Crippen LogP contribution in [0.25, 0.3) is 11.3 Å². The predicted octanol–water partition coefficient (Wildman–Crippen LogP) is 6.83. The van der Waals surface area contributed by atoms with Crippen molar-refractivity contribution >= 4 is 73.8 Å². The van der Waals surface area contributed by atoms with Crippen molar-refractivity contribution in [2.24, 2.45) is 0 Å². The molecule has 1 atom stereocenters. The molecule has 2 aromatic heterocycles. The zero-order chi connectivity index (χ0) is 21.8. The number of aromatic nitrogens is 3. The molecule has 1 amide bonds. The number of nitrogens with one attached hydrogen (secondary N) is 2. The number of carbonyl (C=O) groups is 1. The third-order valence-corrected chi connectivity index (χ3v) is 8.47. The maximum Gasteiger partial charge on any atom is 0.239 e. The van der Waals surface area contributed by atoms with Crippen molar-refractivity contribution < 1.29 is 4.79 Å². The standard InChI is InChI=1S/C20H21Cl2N5OS3/c1-11(30-20-27-26-19(31-20)23-13-5-3-2-4-6-13)17(28)25-18-24-16(10-29-18)12-7-8-14(21)15(22)9-12/h7-11,13H,2-6H2,1H3,(H,23,26)(H,24,25,28)/t11-/m0/s1. The molecule has 1 aliphatic rings. The Morgan fingerprint density at radius 2 is 1.97 bits per heavy atom. The van der Waals surface area contributed by atoms with Crippen LogP contribution in [0.1, 0.15) is 39.0 Å². The molecule has 0 saturated heterocycles. The van der Waals surface area contributed by atoms with E-state index in [-0.39, 0.29) is 11.2 Å². The van der Waals surface area contributed by atoms with E-state index >= 15 is 0 Å². The highest BCUT2D eigenvalue weighted by Crippen LogP contribution is 2.33. The van der Waals surface area contributed by atoms with Gasteiger partial charge in [0.1, 0.15) is 0 Å². The molecular weight excluding hydrogens is 493 g/mol. The molecule has 1 aliphatic carbocycles. The first-order valence-electron chi connectivity index (χ1n) is 9.96. The summed E-state index contributed by atoms with van der Waals surface area (Å²) >= 11 is 16.3. The molecule has 0 spiro atoms. The van der Waals surface area contributed by atoms with Crippen molar-refractivity contribution in [1.29, 1.82) is 0 Å². The normalized spacial score (nSPS) is 15.6. The summed E-state index contributed by atoms with van der Waals surface area (Å²) in [5, 5.41) is 18.7. The number of anilines is 2. The molecule has 3 aromatic rings. The maximum atomic E-state index is 12.6. The largest absolute Gasteiger partial charge is 0.357 e. The minimum Gasteiger partial charge on any atom is -0.357 e. The Balaban J connectivity index is 1.32. The highest BCUT2D eigenvalue weighted by molar-refractivity contribution is 8.02. The van der Waals surface area contributed by atoms with Gasteiger partial charge in [-0.1, -0.05) is 71.6 Å². The van der Waals surface area contributed by atoms with Crippen molar-refractivity contribution in [3.8, 4) is 11.3 Å². The molecule has 1 fully saturated rings. The Morgan fingerprint density at radius 1 is 1.16 bits per heavy atom. The number of carbonyl (C=O) groups excluding carboxylic acids is 1. The van der Waals surface area contributed by atoms with Crippen LogP contribution >= 0.6 is 57.6 Å². The average molecular weight is 515 g/mol. The summed E-state index contributed by atoms with van der Waals surface area (Å²) in [7, 11) is 0. The smallest absolute Gasteiger partial charge is 0.239 e. The number of hydrogen-bond acceptors (Lipinski definition) is 8. The molecule has 164 valence electrons. The fourth-order valence-corrected chi connectivity index (χ4v) is 6.26. The first-order chi connectivity index (χ1) is 15.0. The van der Waals surface area contributed by atoms with Gasteiger partial charge in [-0.2, -0.15) is 0 Å². The molecule has 2 N–H and O–H groups in total. The van der Waals surface area contributed by atoms with Crippen LogP contribution in [0.5, 0.6) is 0 Å². The number of hydrogen-bond donors (Lipinski definition) is 2. The molecule has 1 saturated carbocycles. The van der Waals surface area contributed by atoms with Crippen molar-refractivity contribution in [1.82, 2.24) is 15.2 Å². The van der Waals surface area contributed by atoms with Gasteiger partial charge in [0.15, 0.2) is 9.47 Å². The Hall–Kier alpha value is -1.39. The van der Waals surface area contributed by atoms with Crippen LogP contribution in [-0.4, -0.2) is 32.4 Å². The molecule has 6 nitrogen and oxygen atoms in total. The lowest BCUT2D eigenvalue weighted by Crippen LogP contribution is -2.22. The molecule has 11 heteroatoms. The number of thiazole rings is 1. The van der Waals surface area contributed by atoms with Crippen molar-refractivity contribution in [3.05, 3.63) is 33.6 Å².